The highest BCUT2D eigenvalue weighted by molar-refractivity contribution is 6.65. The Balaban J connectivity index is 2.81. The van der Waals surface area contributed by atoms with Gasteiger partial charge in [0.25, 0.3) is 0 Å². The normalized spacial score (nSPS) is 32.0. The molecule has 1 unspecified atom stereocenters. The van der Waals surface area contributed by atoms with E-state index < -0.39 is 5.41 Å². The number of hydrogen-bond acceptors (Lipinski definition) is 1. The maximum absolute atomic E-state index is 11.0. The molecule has 0 saturated heterocycles. The molecule has 0 aliphatic heterocycles. The van der Waals surface area contributed by atoms with E-state index in [4.69, 9.17) is 11.6 Å². The fraction of sp³-hybridized carbons (Fsp3) is 0.667. The van der Waals surface area contributed by atoms with E-state index in [1.165, 1.54) is 0 Å². The van der Waals surface area contributed by atoms with Gasteiger partial charge in [0.1, 0.15) is 0 Å². The van der Waals surface area contributed by atoms with Gasteiger partial charge in [-0.1, -0.05) is 18.6 Å². The van der Waals surface area contributed by atoms with Crippen LogP contribution in [0.15, 0.2) is 12.2 Å². The fourth-order valence-electron chi connectivity index (χ4n) is 1.51. The molecule has 1 aliphatic rings. The lowest BCUT2D eigenvalue weighted by atomic mass is 9.73. The summed E-state index contributed by atoms with van der Waals surface area (Å²) >= 11 is 5.49. The zero-order valence-corrected chi connectivity index (χ0v) is 7.58. The molecule has 1 fully saturated rings. The Bertz CT molecular complexity index is 198. The fourth-order valence-corrected chi connectivity index (χ4v) is 1.73. The van der Waals surface area contributed by atoms with Crippen LogP contribution >= 0.6 is 11.6 Å². The van der Waals surface area contributed by atoms with Crippen molar-refractivity contribution in [3.63, 3.8) is 0 Å². The van der Waals surface area contributed by atoms with Crippen molar-refractivity contribution in [2.24, 2.45) is 5.41 Å². The van der Waals surface area contributed by atoms with Gasteiger partial charge in [-0.2, -0.15) is 0 Å². The van der Waals surface area contributed by atoms with Crippen molar-refractivity contribution in [3.8, 4) is 0 Å². The van der Waals surface area contributed by atoms with Gasteiger partial charge in [-0.25, -0.2) is 0 Å². The van der Waals surface area contributed by atoms with E-state index in [1.54, 1.807) is 0 Å². The van der Waals surface area contributed by atoms with E-state index in [9.17, 15) is 4.79 Å². The van der Waals surface area contributed by atoms with Crippen LogP contribution < -0.4 is 0 Å². The molecule has 62 valence electrons. The van der Waals surface area contributed by atoms with E-state index in [0.717, 1.165) is 31.3 Å². The number of hydrogen-bond donors (Lipinski definition) is 0. The highest BCUT2D eigenvalue weighted by atomic mass is 35.5. The Morgan fingerprint density at radius 1 is 1.64 bits per heavy atom. The molecule has 0 aromatic rings. The quantitative estimate of drug-likeness (QED) is 0.439. The van der Waals surface area contributed by atoms with Crippen LogP contribution in [-0.2, 0) is 4.79 Å². The highest BCUT2D eigenvalue weighted by Gasteiger charge is 2.36. The lowest BCUT2D eigenvalue weighted by Crippen LogP contribution is -2.28. The monoisotopic (exact) mass is 172 g/mol. The maximum Gasteiger partial charge on any atom is 0.231 e. The van der Waals surface area contributed by atoms with Gasteiger partial charge >= 0.3 is 0 Å². The third kappa shape index (κ3) is 1.48. The van der Waals surface area contributed by atoms with Crippen LogP contribution in [0.3, 0.4) is 0 Å². The summed E-state index contributed by atoms with van der Waals surface area (Å²) in [6.45, 7) is 5.78. The number of rotatable bonds is 1. The average molecular weight is 173 g/mol. The van der Waals surface area contributed by atoms with Gasteiger partial charge in [0.05, 0.1) is 5.41 Å². The van der Waals surface area contributed by atoms with Crippen LogP contribution in [-0.4, -0.2) is 5.24 Å². The Labute approximate surface area is 72.4 Å². The Hall–Kier alpha value is -0.300. The molecular weight excluding hydrogens is 160 g/mol. The van der Waals surface area contributed by atoms with Crippen LogP contribution in [0.4, 0.5) is 0 Å². The van der Waals surface area contributed by atoms with Gasteiger partial charge in [0.15, 0.2) is 0 Å². The molecular formula is C9H13ClO. The summed E-state index contributed by atoms with van der Waals surface area (Å²) < 4.78 is 0. The lowest BCUT2D eigenvalue weighted by Gasteiger charge is -2.32. The molecule has 0 aromatic heterocycles. The van der Waals surface area contributed by atoms with E-state index in [2.05, 4.69) is 6.58 Å². The standard InChI is InChI=1S/C9H13ClO/c1-7-5-3-4-6-9(7,2)8(10)11/h1,3-6H2,2H3. The minimum Gasteiger partial charge on any atom is -0.280 e. The SMILES string of the molecule is C=C1CCCCC1(C)C(=O)Cl. The second kappa shape index (κ2) is 2.98. The Morgan fingerprint density at radius 2 is 2.27 bits per heavy atom. The maximum atomic E-state index is 11.0. The molecule has 1 rings (SSSR count). The van der Waals surface area contributed by atoms with Crippen molar-refractivity contribution < 1.29 is 4.79 Å². The largest absolute Gasteiger partial charge is 0.280 e. The summed E-state index contributed by atoms with van der Waals surface area (Å²) in [7, 11) is 0. The molecule has 0 radical (unpaired) electrons. The molecule has 1 nitrogen and oxygen atoms in total. The summed E-state index contributed by atoms with van der Waals surface area (Å²) in [6, 6.07) is 0. The predicted octanol–water partition coefficient (Wildman–Crippen LogP) is 2.89. The average Bonchev–Trinajstić information content (AvgIpc) is 1.95. The van der Waals surface area contributed by atoms with Crippen LogP contribution in [0.5, 0.6) is 0 Å². The van der Waals surface area contributed by atoms with Crippen molar-refractivity contribution in [2.45, 2.75) is 32.6 Å². The van der Waals surface area contributed by atoms with Crippen LogP contribution in [0.2, 0.25) is 0 Å². The summed E-state index contributed by atoms with van der Waals surface area (Å²) in [5.74, 6) is 0. The smallest absolute Gasteiger partial charge is 0.231 e. The first kappa shape index (κ1) is 8.79. The topological polar surface area (TPSA) is 17.1 Å². The number of carbonyl (C=O) groups excluding carboxylic acids is 1. The molecule has 0 N–H and O–H groups in total. The molecule has 0 spiro atoms. The summed E-state index contributed by atoms with van der Waals surface area (Å²) in [6.07, 6.45) is 4.07. The summed E-state index contributed by atoms with van der Waals surface area (Å²) in [5.41, 5.74) is 0.573. The van der Waals surface area contributed by atoms with Crippen molar-refractivity contribution in [1.29, 1.82) is 0 Å². The van der Waals surface area contributed by atoms with Gasteiger partial charge in [-0.15, -0.1) is 0 Å². The van der Waals surface area contributed by atoms with Crippen molar-refractivity contribution in [2.75, 3.05) is 0 Å². The van der Waals surface area contributed by atoms with Gasteiger partial charge in [0.2, 0.25) is 5.24 Å². The van der Waals surface area contributed by atoms with Crippen molar-refractivity contribution in [1.82, 2.24) is 0 Å². The van der Waals surface area contributed by atoms with E-state index in [1.807, 2.05) is 6.92 Å². The predicted molar refractivity (Wildman–Crippen MR) is 46.6 cm³/mol. The molecule has 0 aromatic carbocycles. The van der Waals surface area contributed by atoms with Crippen molar-refractivity contribution in [3.05, 3.63) is 12.2 Å². The van der Waals surface area contributed by atoms with Crippen LogP contribution in [0, 0.1) is 5.41 Å². The minimum absolute atomic E-state index is 0.248. The Kier molecular flexibility index (Phi) is 2.38. The highest BCUT2D eigenvalue weighted by Crippen LogP contribution is 2.41. The minimum atomic E-state index is -0.431. The van der Waals surface area contributed by atoms with Gasteiger partial charge in [-0.3, -0.25) is 4.79 Å². The van der Waals surface area contributed by atoms with Crippen molar-refractivity contribution >= 4 is 16.8 Å². The van der Waals surface area contributed by atoms with Gasteiger partial charge in [-0.05, 0) is 37.8 Å². The van der Waals surface area contributed by atoms with E-state index in [0.29, 0.717) is 0 Å². The molecule has 1 atom stereocenters. The lowest BCUT2D eigenvalue weighted by molar-refractivity contribution is -0.118. The molecule has 0 amide bonds. The number of halogens is 1. The first-order valence-electron chi connectivity index (χ1n) is 3.95. The first-order valence-corrected chi connectivity index (χ1v) is 4.33. The Morgan fingerprint density at radius 3 is 2.64 bits per heavy atom. The van der Waals surface area contributed by atoms with Crippen LogP contribution in [0.25, 0.3) is 0 Å². The van der Waals surface area contributed by atoms with Gasteiger partial charge < -0.3 is 0 Å². The third-order valence-electron chi connectivity index (χ3n) is 2.62. The van der Waals surface area contributed by atoms with E-state index >= 15 is 0 Å². The number of allylic oxidation sites excluding steroid dienone is 1. The molecule has 1 saturated carbocycles. The molecule has 11 heavy (non-hydrogen) atoms. The molecule has 0 heterocycles. The molecule has 2 heteroatoms. The first-order chi connectivity index (χ1) is 5.07. The number of carbonyl (C=O) groups is 1. The molecule has 1 aliphatic carbocycles. The van der Waals surface area contributed by atoms with E-state index in [-0.39, 0.29) is 5.24 Å². The zero-order chi connectivity index (χ0) is 8.48. The second-order valence-corrected chi connectivity index (χ2v) is 3.76. The van der Waals surface area contributed by atoms with Crippen LogP contribution in [0.1, 0.15) is 32.6 Å². The molecule has 0 bridgehead atoms. The van der Waals surface area contributed by atoms with Gasteiger partial charge in [0, 0.05) is 0 Å². The summed E-state index contributed by atoms with van der Waals surface area (Å²) in [4.78, 5) is 11.0. The zero-order valence-electron chi connectivity index (χ0n) is 6.82. The summed E-state index contributed by atoms with van der Waals surface area (Å²) in [5, 5.41) is -0.248. The third-order valence-corrected chi connectivity index (χ3v) is 3.04. The second-order valence-electron chi connectivity index (χ2n) is 3.42.